The quantitative estimate of drug-likeness (QED) is 0.807. The number of hydrogen-bond acceptors (Lipinski definition) is 7. The van der Waals surface area contributed by atoms with E-state index in [4.69, 9.17) is 17.0 Å². The third-order valence-corrected chi connectivity index (χ3v) is 4.99. The van der Waals surface area contributed by atoms with Gasteiger partial charge in [0.25, 0.3) is 0 Å². The average Bonchev–Trinajstić information content (AvgIpc) is 2.87. The smallest absolute Gasteiger partial charge is 0.209 e. The Morgan fingerprint density at radius 3 is 2.91 bits per heavy atom. The van der Waals surface area contributed by atoms with Gasteiger partial charge in [0.1, 0.15) is 5.75 Å². The number of ether oxygens (including phenoxy) is 1. The molecule has 1 aromatic carbocycles. The average molecular weight is 352 g/mol. The maximum absolute atomic E-state index is 9.75. The fourth-order valence-electron chi connectivity index (χ4n) is 2.59. The zero-order valence-electron chi connectivity index (χ0n) is 12.9. The number of nitrogens with one attached hydrogen (secondary N) is 1. The van der Waals surface area contributed by atoms with Gasteiger partial charge in [-0.05, 0) is 49.3 Å². The van der Waals surface area contributed by atoms with Crippen LogP contribution in [0.25, 0.3) is 0 Å². The molecule has 2 heterocycles. The number of nitrogens with zero attached hydrogens (tertiary/aromatic N) is 3. The zero-order valence-corrected chi connectivity index (χ0v) is 14.6. The van der Waals surface area contributed by atoms with Crippen LogP contribution in [0.15, 0.2) is 24.3 Å². The second kappa shape index (κ2) is 7.39. The summed E-state index contributed by atoms with van der Waals surface area (Å²) in [6, 6.07) is 7.67. The van der Waals surface area contributed by atoms with Gasteiger partial charge in [0, 0.05) is 18.8 Å². The lowest BCUT2D eigenvalue weighted by atomic mass is 10.1. The fourth-order valence-corrected chi connectivity index (χ4v) is 3.61. The molecule has 2 aromatic rings. The molecule has 6 nitrogen and oxygen atoms in total. The monoisotopic (exact) mass is 352 g/mol. The van der Waals surface area contributed by atoms with Crippen LogP contribution in [-0.2, 0) is 6.67 Å². The molecule has 23 heavy (non-hydrogen) atoms. The molecule has 0 saturated carbocycles. The molecule has 0 unspecified atom stereocenters. The highest BCUT2D eigenvalue weighted by Crippen LogP contribution is 2.23. The lowest BCUT2D eigenvalue weighted by Gasteiger charge is -2.29. The van der Waals surface area contributed by atoms with Gasteiger partial charge < -0.3 is 15.2 Å². The summed E-state index contributed by atoms with van der Waals surface area (Å²) in [5, 5.41) is 18.3. The molecule has 0 aliphatic carbocycles. The van der Waals surface area contributed by atoms with Gasteiger partial charge in [-0.25, -0.2) is 4.68 Å². The highest BCUT2D eigenvalue weighted by molar-refractivity contribution is 7.73. The third kappa shape index (κ3) is 4.29. The van der Waals surface area contributed by atoms with E-state index in [1.165, 1.54) is 11.3 Å². The summed E-state index contributed by atoms with van der Waals surface area (Å²) < 4.78 is 7.68. The van der Waals surface area contributed by atoms with Gasteiger partial charge in [-0.3, -0.25) is 4.90 Å². The van der Waals surface area contributed by atoms with Crippen molar-refractivity contribution in [2.45, 2.75) is 25.6 Å². The first kappa shape index (κ1) is 16.4. The van der Waals surface area contributed by atoms with Crippen molar-refractivity contribution in [2.75, 3.05) is 25.5 Å². The highest BCUT2D eigenvalue weighted by atomic mass is 32.1. The number of benzene rings is 1. The van der Waals surface area contributed by atoms with Crippen LogP contribution in [0.4, 0.5) is 10.8 Å². The van der Waals surface area contributed by atoms with Crippen molar-refractivity contribution < 1.29 is 9.84 Å². The predicted octanol–water partition coefficient (Wildman–Crippen LogP) is 2.84. The maximum Gasteiger partial charge on any atom is 0.209 e. The largest absolute Gasteiger partial charge is 0.497 e. The minimum absolute atomic E-state index is 0.242. The second-order valence-corrected chi connectivity index (χ2v) is 7.16. The first-order valence-corrected chi connectivity index (χ1v) is 8.76. The third-order valence-electron chi connectivity index (χ3n) is 3.76. The summed E-state index contributed by atoms with van der Waals surface area (Å²) in [6.45, 7) is 2.27. The molecule has 2 N–H and O–H groups in total. The van der Waals surface area contributed by atoms with E-state index in [1.807, 2.05) is 28.9 Å². The van der Waals surface area contributed by atoms with Crippen molar-refractivity contribution in [1.29, 1.82) is 0 Å². The van der Waals surface area contributed by atoms with E-state index < -0.39 is 0 Å². The number of likely N-dealkylation sites (tertiary alicyclic amines) is 1. The molecule has 8 heteroatoms. The number of methoxy groups -OCH3 is 1. The minimum Gasteiger partial charge on any atom is -0.497 e. The molecule has 0 bridgehead atoms. The molecule has 1 fully saturated rings. The van der Waals surface area contributed by atoms with Gasteiger partial charge in [0.05, 0.1) is 19.9 Å². The van der Waals surface area contributed by atoms with E-state index in [2.05, 4.69) is 15.3 Å². The lowest BCUT2D eigenvalue weighted by Crippen LogP contribution is -2.39. The molecule has 124 valence electrons. The Morgan fingerprint density at radius 1 is 1.43 bits per heavy atom. The van der Waals surface area contributed by atoms with Gasteiger partial charge in [0.2, 0.25) is 5.13 Å². The maximum atomic E-state index is 9.75. The first-order valence-electron chi connectivity index (χ1n) is 7.53. The van der Waals surface area contributed by atoms with Crippen molar-refractivity contribution in [2.24, 2.45) is 0 Å². The Bertz CT molecular complexity index is 698. The van der Waals surface area contributed by atoms with Crippen LogP contribution in [-0.4, -0.2) is 46.1 Å². The normalized spacial score (nSPS) is 18.8. The summed E-state index contributed by atoms with van der Waals surface area (Å²) in [7, 11) is 1.65. The van der Waals surface area contributed by atoms with Gasteiger partial charge in [-0.15, -0.1) is 5.10 Å². The van der Waals surface area contributed by atoms with Gasteiger partial charge in [-0.1, -0.05) is 11.3 Å². The first-order chi connectivity index (χ1) is 11.1. The van der Waals surface area contributed by atoms with Crippen LogP contribution in [0.3, 0.4) is 0 Å². The number of rotatable bonds is 5. The number of hydrogen-bond donors (Lipinski definition) is 2. The van der Waals surface area contributed by atoms with Crippen molar-refractivity contribution >= 4 is 34.4 Å². The summed E-state index contributed by atoms with van der Waals surface area (Å²) in [6.07, 6.45) is 1.65. The Labute approximate surface area is 144 Å². The highest BCUT2D eigenvalue weighted by Gasteiger charge is 2.18. The summed E-state index contributed by atoms with van der Waals surface area (Å²) in [4.78, 5) is 2.18. The molecule has 1 aliphatic heterocycles. The molecule has 0 radical (unpaired) electrons. The van der Waals surface area contributed by atoms with E-state index in [9.17, 15) is 5.11 Å². The Morgan fingerprint density at radius 2 is 2.22 bits per heavy atom. The Hall–Kier alpha value is -1.48. The molecule has 3 rings (SSSR count). The molecule has 0 spiro atoms. The van der Waals surface area contributed by atoms with E-state index >= 15 is 0 Å². The predicted molar refractivity (Wildman–Crippen MR) is 94.0 cm³/mol. The number of anilines is 2. The molecule has 0 amide bonds. The minimum atomic E-state index is -0.242. The van der Waals surface area contributed by atoms with Crippen molar-refractivity contribution in [3.8, 4) is 5.75 Å². The van der Waals surface area contributed by atoms with Crippen molar-refractivity contribution in [3.05, 3.63) is 28.2 Å². The van der Waals surface area contributed by atoms with Crippen LogP contribution < -0.4 is 10.1 Å². The molecule has 1 aromatic heterocycles. The number of aliphatic hydroxyl groups excluding tert-OH is 1. The van der Waals surface area contributed by atoms with E-state index in [1.54, 1.807) is 7.11 Å². The molecular formula is C15H20N4O2S2. The molecule has 1 saturated heterocycles. The number of β-amino-alcohol motifs (C(OH)–C–C–N with tert-alkyl or cyclic N) is 1. The van der Waals surface area contributed by atoms with Crippen LogP contribution in [0.5, 0.6) is 5.75 Å². The fraction of sp³-hybridized carbons (Fsp3) is 0.467. The zero-order chi connectivity index (χ0) is 16.2. The SMILES string of the molecule is COc1ccc(Nc2nn(CN3CCC[C@@H](O)C3)c(=S)s2)cc1. The van der Waals surface area contributed by atoms with Crippen LogP contribution >= 0.6 is 23.6 Å². The van der Waals surface area contributed by atoms with Crippen molar-refractivity contribution in [3.63, 3.8) is 0 Å². The van der Waals surface area contributed by atoms with Crippen molar-refractivity contribution in [1.82, 2.24) is 14.7 Å². The summed E-state index contributed by atoms with van der Waals surface area (Å²) in [5.41, 5.74) is 0.940. The van der Waals surface area contributed by atoms with E-state index in [0.29, 0.717) is 13.2 Å². The molecule has 1 aliphatic rings. The number of piperidine rings is 1. The van der Waals surface area contributed by atoms with Gasteiger partial charge in [0.15, 0.2) is 3.95 Å². The Balaban J connectivity index is 1.66. The van der Waals surface area contributed by atoms with Crippen LogP contribution in [0.1, 0.15) is 12.8 Å². The summed E-state index contributed by atoms with van der Waals surface area (Å²) >= 11 is 6.84. The van der Waals surface area contributed by atoms with Gasteiger partial charge in [-0.2, -0.15) is 0 Å². The second-order valence-electron chi connectivity index (χ2n) is 5.54. The lowest BCUT2D eigenvalue weighted by molar-refractivity contribution is 0.0516. The van der Waals surface area contributed by atoms with E-state index in [-0.39, 0.29) is 6.10 Å². The van der Waals surface area contributed by atoms with Gasteiger partial charge >= 0.3 is 0 Å². The van der Waals surface area contributed by atoms with Crippen LogP contribution in [0.2, 0.25) is 0 Å². The topological polar surface area (TPSA) is 62.5 Å². The number of aliphatic hydroxyl groups is 1. The Kier molecular flexibility index (Phi) is 5.27. The summed E-state index contributed by atoms with van der Waals surface area (Å²) in [5.74, 6) is 0.817. The number of aromatic nitrogens is 2. The molecule has 1 atom stereocenters. The standard InChI is InChI=1S/C15H20N4O2S2/c1-21-13-6-4-11(5-7-13)16-14-17-19(15(22)23-14)10-18-8-2-3-12(20)9-18/h4-7,12,20H,2-3,8-10H2,1H3,(H,16,17)/t12-/m1/s1. The molecular weight excluding hydrogens is 332 g/mol. The van der Waals surface area contributed by atoms with E-state index in [0.717, 1.165) is 39.9 Å². The van der Waals surface area contributed by atoms with Crippen LogP contribution in [0, 0.1) is 3.95 Å².